The SMILES string of the molecule is Cc1ccnc(N2CCC(=O)C(C)C2)c1[N+](=O)[O-]. The van der Waals surface area contributed by atoms with E-state index in [-0.39, 0.29) is 17.4 Å². The molecule has 1 aromatic heterocycles. The maximum Gasteiger partial charge on any atom is 0.314 e. The van der Waals surface area contributed by atoms with Crippen LogP contribution >= 0.6 is 0 Å². The molecule has 2 rings (SSSR count). The fourth-order valence-electron chi connectivity index (χ4n) is 2.20. The monoisotopic (exact) mass is 249 g/mol. The smallest absolute Gasteiger partial charge is 0.314 e. The molecule has 0 amide bonds. The zero-order chi connectivity index (χ0) is 13.3. The highest BCUT2D eigenvalue weighted by atomic mass is 16.6. The molecule has 1 saturated heterocycles. The van der Waals surface area contributed by atoms with E-state index in [0.717, 1.165) is 0 Å². The van der Waals surface area contributed by atoms with Gasteiger partial charge in [-0.25, -0.2) is 4.98 Å². The standard InChI is InChI=1S/C12H15N3O3/c1-8-3-5-13-12(11(8)15(17)18)14-6-4-10(16)9(2)7-14/h3,5,9H,4,6-7H2,1-2H3. The van der Waals surface area contributed by atoms with Crippen LogP contribution in [-0.4, -0.2) is 28.8 Å². The molecule has 1 unspecified atom stereocenters. The van der Waals surface area contributed by atoms with E-state index in [9.17, 15) is 14.9 Å². The van der Waals surface area contributed by atoms with Gasteiger partial charge in [0.25, 0.3) is 0 Å². The van der Waals surface area contributed by atoms with Gasteiger partial charge < -0.3 is 4.90 Å². The van der Waals surface area contributed by atoms with Crippen molar-refractivity contribution in [1.29, 1.82) is 0 Å². The molecule has 0 N–H and O–H groups in total. The summed E-state index contributed by atoms with van der Waals surface area (Å²) in [6.07, 6.45) is 1.99. The van der Waals surface area contributed by atoms with Gasteiger partial charge in [0.05, 0.1) is 4.92 Å². The van der Waals surface area contributed by atoms with Crippen molar-refractivity contribution in [3.8, 4) is 0 Å². The zero-order valence-corrected chi connectivity index (χ0v) is 10.4. The molecule has 0 aliphatic carbocycles. The number of Topliss-reactive ketones (excluding diaryl/α,β-unsaturated/α-hetero) is 1. The summed E-state index contributed by atoms with van der Waals surface area (Å²) in [7, 11) is 0. The molecule has 6 heteroatoms. The first-order chi connectivity index (χ1) is 8.50. The largest absolute Gasteiger partial charge is 0.350 e. The van der Waals surface area contributed by atoms with E-state index in [4.69, 9.17) is 0 Å². The highest BCUT2D eigenvalue weighted by Gasteiger charge is 2.29. The summed E-state index contributed by atoms with van der Waals surface area (Å²) in [5.41, 5.74) is 0.633. The van der Waals surface area contributed by atoms with Gasteiger partial charge in [0.2, 0.25) is 5.82 Å². The summed E-state index contributed by atoms with van der Waals surface area (Å²) in [6, 6.07) is 1.63. The van der Waals surface area contributed by atoms with Gasteiger partial charge in [0.1, 0.15) is 5.78 Å². The summed E-state index contributed by atoms with van der Waals surface area (Å²) in [5.74, 6) is 0.488. The van der Waals surface area contributed by atoms with Crippen LogP contribution in [0.3, 0.4) is 0 Å². The first-order valence-corrected chi connectivity index (χ1v) is 5.88. The number of nitro groups is 1. The van der Waals surface area contributed by atoms with Crippen LogP contribution in [-0.2, 0) is 4.79 Å². The maximum absolute atomic E-state index is 11.5. The lowest BCUT2D eigenvalue weighted by molar-refractivity contribution is -0.384. The van der Waals surface area contributed by atoms with Crippen LogP contribution in [0.4, 0.5) is 11.5 Å². The van der Waals surface area contributed by atoms with Gasteiger partial charge in [0, 0.05) is 37.2 Å². The van der Waals surface area contributed by atoms with E-state index in [2.05, 4.69) is 4.98 Å². The molecular formula is C12H15N3O3. The average molecular weight is 249 g/mol. The number of carbonyl (C=O) groups is 1. The molecule has 1 atom stereocenters. The highest BCUT2D eigenvalue weighted by Crippen LogP contribution is 2.31. The summed E-state index contributed by atoms with van der Waals surface area (Å²) in [4.78, 5) is 28.1. The Balaban J connectivity index is 2.37. The lowest BCUT2D eigenvalue weighted by Crippen LogP contribution is -2.40. The van der Waals surface area contributed by atoms with Crippen LogP contribution < -0.4 is 4.90 Å². The minimum absolute atomic E-state index is 0.0408. The lowest BCUT2D eigenvalue weighted by atomic mass is 9.98. The predicted octanol–water partition coefficient (Wildman–Crippen LogP) is 1.71. The Labute approximate surface area is 105 Å². The first kappa shape index (κ1) is 12.5. The molecule has 0 aromatic carbocycles. The first-order valence-electron chi connectivity index (χ1n) is 5.88. The van der Waals surface area contributed by atoms with Gasteiger partial charge in [-0.1, -0.05) is 6.92 Å². The topological polar surface area (TPSA) is 76.3 Å². The Morgan fingerprint density at radius 3 is 2.89 bits per heavy atom. The molecule has 1 aromatic rings. The molecule has 0 spiro atoms. The van der Waals surface area contributed by atoms with E-state index >= 15 is 0 Å². The number of aryl methyl sites for hydroxylation is 1. The van der Waals surface area contributed by atoms with E-state index in [1.54, 1.807) is 19.2 Å². The number of aromatic nitrogens is 1. The Kier molecular flexibility index (Phi) is 3.27. The van der Waals surface area contributed by atoms with Crippen molar-refractivity contribution in [3.63, 3.8) is 0 Å². The Morgan fingerprint density at radius 2 is 2.28 bits per heavy atom. The number of piperidine rings is 1. The lowest BCUT2D eigenvalue weighted by Gasteiger charge is -2.30. The number of nitrogens with zero attached hydrogens (tertiary/aromatic N) is 3. The van der Waals surface area contributed by atoms with Crippen molar-refractivity contribution >= 4 is 17.3 Å². The van der Waals surface area contributed by atoms with Crippen molar-refractivity contribution in [2.75, 3.05) is 18.0 Å². The molecule has 0 radical (unpaired) electrons. The fourth-order valence-corrected chi connectivity index (χ4v) is 2.20. The average Bonchev–Trinajstić information content (AvgIpc) is 2.32. The van der Waals surface area contributed by atoms with E-state index < -0.39 is 4.92 Å². The summed E-state index contributed by atoms with van der Waals surface area (Å²) >= 11 is 0. The normalized spacial score (nSPS) is 20.0. The second-order valence-corrected chi connectivity index (χ2v) is 4.62. The molecule has 1 fully saturated rings. The third-order valence-electron chi connectivity index (χ3n) is 3.26. The van der Waals surface area contributed by atoms with E-state index in [0.29, 0.717) is 30.9 Å². The van der Waals surface area contributed by atoms with Gasteiger partial charge in [-0.05, 0) is 13.0 Å². The number of anilines is 1. The summed E-state index contributed by atoms with van der Waals surface area (Å²) < 4.78 is 0. The highest BCUT2D eigenvalue weighted by molar-refractivity contribution is 5.83. The molecule has 18 heavy (non-hydrogen) atoms. The van der Waals surface area contributed by atoms with Gasteiger partial charge in [0.15, 0.2) is 0 Å². The molecule has 6 nitrogen and oxygen atoms in total. The van der Waals surface area contributed by atoms with Crippen molar-refractivity contribution in [2.24, 2.45) is 5.92 Å². The Hall–Kier alpha value is -1.98. The van der Waals surface area contributed by atoms with Crippen molar-refractivity contribution < 1.29 is 9.72 Å². The van der Waals surface area contributed by atoms with Crippen LogP contribution in [0.15, 0.2) is 12.3 Å². The van der Waals surface area contributed by atoms with Crippen molar-refractivity contribution in [3.05, 3.63) is 27.9 Å². The fraction of sp³-hybridized carbons (Fsp3) is 0.500. The van der Waals surface area contributed by atoms with Gasteiger partial charge >= 0.3 is 5.69 Å². The van der Waals surface area contributed by atoms with Crippen molar-refractivity contribution in [2.45, 2.75) is 20.3 Å². The van der Waals surface area contributed by atoms with Gasteiger partial charge in [-0.2, -0.15) is 0 Å². The molecule has 2 heterocycles. The molecule has 1 aliphatic rings. The molecule has 0 bridgehead atoms. The molecule has 96 valence electrons. The van der Waals surface area contributed by atoms with Crippen LogP contribution in [0.5, 0.6) is 0 Å². The van der Waals surface area contributed by atoms with Crippen molar-refractivity contribution in [1.82, 2.24) is 4.98 Å². The predicted molar refractivity (Wildman–Crippen MR) is 66.6 cm³/mol. The number of ketones is 1. The quantitative estimate of drug-likeness (QED) is 0.589. The van der Waals surface area contributed by atoms with Crippen LogP contribution in [0, 0.1) is 23.0 Å². The third-order valence-corrected chi connectivity index (χ3v) is 3.26. The zero-order valence-electron chi connectivity index (χ0n) is 10.4. The molecule has 1 aliphatic heterocycles. The minimum Gasteiger partial charge on any atom is -0.350 e. The molecular weight excluding hydrogens is 234 g/mol. The number of rotatable bonds is 2. The van der Waals surface area contributed by atoms with E-state index in [1.807, 2.05) is 11.8 Å². The molecule has 0 saturated carbocycles. The summed E-state index contributed by atoms with van der Waals surface area (Å²) in [6.45, 7) is 4.54. The number of hydrogen-bond acceptors (Lipinski definition) is 5. The second-order valence-electron chi connectivity index (χ2n) is 4.62. The Morgan fingerprint density at radius 1 is 1.56 bits per heavy atom. The number of pyridine rings is 1. The third kappa shape index (κ3) is 2.18. The number of hydrogen-bond donors (Lipinski definition) is 0. The minimum atomic E-state index is -0.404. The van der Waals surface area contributed by atoms with Gasteiger partial charge in [-0.15, -0.1) is 0 Å². The number of carbonyl (C=O) groups excluding carboxylic acids is 1. The van der Waals surface area contributed by atoms with Crippen LogP contribution in [0.25, 0.3) is 0 Å². The Bertz CT molecular complexity index is 501. The van der Waals surface area contributed by atoms with Crippen LogP contribution in [0.1, 0.15) is 18.9 Å². The van der Waals surface area contributed by atoms with E-state index in [1.165, 1.54) is 0 Å². The maximum atomic E-state index is 11.5. The van der Waals surface area contributed by atoms with Crippen LogP contribution in [0.2, 0.25) is 0 Å². The summed E-state index contributed by atoms with van der Waals surface area (Å²) in [5, 5.41) is 11.1. The van der Waals surface area contributed by atoms with Gasteiger partial charge in [-0.3, -0.25) is 14.9 Å². The second kappa shape index (κ2) is 4.72.